The zero-order chi connectivity index (χ0) is 25.0. The number of nitrogens with zero attached hydrogens (tertiary/aromatic N) is 3. The van der Waals surface area contributed by atoms with Crippen LogP contribution in [0.15, 0.2) is 54.7 Å². The van der Waals surface area contributed by atoms with Gasteiger partial charge in [0, 0.05) is 42.6 Å². The first-order chi connectivity index (χ1) is 16.7. The average Bonchev–Trinajstić information content (AvgIpc) is 3.26. The molecule has 2 aromatic carbocycles. The topological polar surface area (TPSA) is 85.4 Å². The monoisotopic (exact) mass is 487 g/mol. The summed E-state index contributed by atoms with van der Waals surface area (Å²) in [5.74, 6) is -0.0107. The summed E-state index contributed by atoms with van der Waals surface area (Å²) in [5, 5.41) is 6.90. The molecule has 3 aromatic rings. The van der Waals surface area contributed by atoms with E-state index >= 15 is 0 Å². The summed E-state index contributed by atoms with van der Waals surface area (Å²) in [6.45, 7) is 3.14. The van der Waals surface area contributed by atoms with Gasteiger partial charge in [0.25, 0.3) is 5.91 Å². The minimum absolute atomic E-state index is 0.0801. The van der Waals surface area contributed by atoms with Crippen molar-refractivity contribution in [3.8, 4) is 17.0 Å². The number of nitrogens with one attached hydrogen (secondary N) is 1. The lowest BCUT2D eigenvalue weighted by Gasteiger charge is -2.29. The molecule has 1 aliphatic heterocycles. The fourth-order valence-electron chi connectivity index (χ4n) is 4.07. The largest absolute Gasteiger partial charge is 0.492 e. The normalized spacial score (nSPS) is 15.2. The van der Waals surface area contributed by atoms with Crippen molar-refractivity contribution in [1.29, 1.82) is 0 Å². The molecule has 3 N–H and O–H groups in total. The van der Waals surface area contributed by atoms with Gasteiger partial charge in [0.15, 0.2) is 0 Å². The highest BCUT2D eigenvalue weighted by Gasteiger charge is 2.31. The number of likely N-dealkylation sites (tertiary alicyclic amines) is 1. The highest BCUT2D eigenvalue weighted by atomic mass is 19.4. The number of hydrogen-bond acceptors (Lipinski definition) is 5. The molecule has 0 aliphatic carbocycles. The Morgan fingerprint density at radius 2 is 1.94 bits per heavy atom. The fourth-order valence-corrected chi connectivity index (χ4v) is 4.07. The first-order valence-corrected chi connectivity index (χ1v) is 11.4. The first kappa shape index (κ1) is 24.7. The van der Waals surface area contributed by atoms with Crippen molar-refractivity contribution in [3.63, 3.8) is 0 Å². The first-order valence-electron chi connectivity index (χ1n) is 11.4. The van der Waals surface area contributed by atoms with Crippen molar-refractivity contribution in [3.05, 3.63) is 65.9 Å². The van der Waals surface area contributed by atoms with Gasteiger partial charge in [-0.1, -0.05) is 6.07 Å². The van der Waals surface area contributed by atoms with Gasteiger partial charge in [-0.25, -0.2) is 0 Å². The number of benzene rings is 2. The van der Waals surface area contributed by atoms with Crippen LogP contribution in [0, 0.1) is 0 Å². The molecule has 0 bridgehead atoms. The van der Waals surface area contributed by atoms with E-state index in [1.54, 1.807) is 36.1 Å². The van der Waals surface area contributed by atoms with Crippen LogP contribution in [0.3, 0.4) is 0 Å². The third kappa shape index (κ3) is 6.20. The van der Waals surface area contributed by atoms with Gasteiger partial charge in [-0.3, -0.25) is 14.4 Å². The van der Waals surface area contributed by atoms with Gasteiger partial charge in [-0.15, -0.1) is 0 Å². The number of carbonyl (C=O) groups excluding carboxylic acids is 1. The molecular weight excluding hydrogens is 459 g/mol. The smallest absolute Gasteiger partial charge is 0.416 e. The maximum absolute atomic E-state index is 13.0. The molecule has 0 radical (unpaired) electrons. The number of rotatable bonds is 7. The maximum Gasteiger partial charge on any atom is 0.416 e. The van der Waals surface area contributed by atoms with Crippen LogP contribution in [0.4, 0.5) is 18.9 Å². The number of nitrogens with two attached hydrogens (primary N) is 1. The number of aryl methyl sites for hydroxylation is 1. The van der Waals surface area contributed by atoms with Crippen molar-refractivity contribution >= 4 is 11.6 Å². The van der Waals surface area contributed by atoms with E-state index in [0.717, 1.165) is 50.3 Å². The molecule has 1 amide bonds. The zero-order valence-electron chi connectivity index (χ0n) is 19.4. The summed E-state index contributed by atoms with van der Waals surface area (Å²) >= 11 is 0. The summed E-state index contributed by atoms with van der Waals surface area (Å²) in [6, 6.07) is 11.6. The Bertz CT molecular complexity index is 1170. The van der Waals surface area contributed by atoms with Gasteiger partial charge < -0.3 is 15.8 Å². The molecule has 1 fully saturated rings. The van der Waals surface area contributed by atoms with E-state index in [0.29, 0.717) is 23.6 Å². The third-order valence-corrected chi connectivity index (χ3v) is 6.08. The second-order valence-electron chi connectivity index (χ2n) is 8.61. The Hall–Kier alpha value is -3.37. The molecule has 10 heteroatoms. The van der Waals surface area contributed by atoms with E-state index in [1.165, 1.54) is 12.1 Å². The Morgan fingerprint density at radius 3 is 2.63 bits per heavy atom. The highest BCUT2D eigenvalue weighted by Crippen LogP contribution is 2.33. The Balaban J connectivity index is 1.50. The van der Waals surface area contributed by atoms with E-state index in [2.05, 4.69) is 15.3 Å². The molecule has 7 nitrogen and oxygen atoms in total. The summed E-state index contributed by atoms with van der Waals surface area (Å²) in [6.07, 6.45) is -0.923. The van der Waals surface area contributed by atoms with Gasteiger partial charge in [0.2, 0.25) is 0 Å². The predicted octanol–water partition coefficient (Wildman–Crippen LogP) is 4.16. The van der Waals surface area contributed by atoms with Gasteiger partial charge in [-0.2, -0.15) is 18.3 Å². The molecule has 1 saturated heterocycles. The summed E-state index contributed by atoms with van der Waals surface area (Å²) in [4.78, 5) is 15.0. The number of alkyl halides is 3. The summed E-state index contributed by atoms with van der Waals surface area (Å²) in [7, 11) is 1.80. The van der Waals surface area contributed by atoms with Crippen molar-refractivity contribution in [2.24, 2.45) is 12.8 Å². The van der Waals surface area contributed by atoms with Gasteiger partial charge in [-0.05, 0) is 68.4 Å². The van der Waals surface area contributed by atoms with Crippen molar-refractivity contribution in [2.75, 3.05) is 31.6 Å². The number of piperidine rings is 1. The second kappa shape index (κ2) is 10.5. The lowest BCUT2D eigenvalue weighted by Crippen LogP contribution is -2.41. The van der Waals surface area contributed by atoms with Crippen LogP contribution in [-0.2, 0) is 13.2 Å². The van der Waals surface area contributed by atoms with E-state index in [4.69, 9.17) is 10.5 Å². The van der Waals surface area contributed by atoms with Gasteiger partial charge in [0.05, 0.1) is 11.3 Å². The van der Waals surface area contributed by atoms with Crippen LogP contribution in [0.25, 0.3) is 11.3 Å². The molecule has 4 rings (SSSR count). The molecule has 0 saturated carbocycles. The average molecular weight is 488 g/mol. The molecule has 1 aromatic heterocycles. The van der Waals surface area contributed by atoms with E-state index < -0.39 is 17.6 Å². The fraction of sp³-hybridized carbons (Fsp3) is 0.360. The van der Waals surface area contributed by atoms with E-state index in [1.807, 2.05) is 6.07 Å². The number of aromatic nitrogens is 2. The third-order valence-electron chi connectivity index (χ3n) is 6.08. The van der Waals surface area contributed by atoms with Crippen LogP contribution >= 0.6 is 0 Å². The standard InChI is InChI=1S/C25H28F3N5O2/c1-32-22(7-10-30-32)21-16-20(31-24(34)17-3-2-4-18(15-17)25(26,27)28)5-6-23(21)35-14-13-33-11-8-19(29)9-12-33/h2-7,10,15-16,19H,8-9,11-14,29H2,1H3,(H,31,34). The van der Waals surface area contributed by atoms with Gasteiger partial charge >= 0.3 is 6.18 Å². The molecule has 1 aliphatic rings. The number of ether oxygens (including phenoxy) is 1. The quantitative estimate of drug-likeness (QED) is 0.523. The number of anilines is 1. The molecule has 2 heterocycles. The summed E-state index contributed by atoms with van der Waals surface area (Å²) < 4.78 is 46.9. The van der Waals surface area contributed by atoms with Crippen molar-refractivity contribution in [2.45, 2.75) is 25.1 Å². The minimum Gasteiger partial charge on any atom is -0.492 e. The van der Waals surface area contributed by atoms with Crippen LogP contribution in [0.5, 0.6) is 5.75 Å². The summed E-state index contributed by atoms with van der Waals surface area (Å²) in [5.41, 5.74) is 6.94. The lowest BCUT2D eigenvalue weighted by atomic mass is 10.1. The van der Waals surface area contributed by atoms with Crippen molar-refractivity contribution < 1.29 is 22.7 Å². The number of amides is 1. The Kier molecular flexibility index (Phi) is 7.42. The van der Waals surface area contributed by atoms with Crippen LogP contribution < -0.4 is 15.8 Å². The van der Waals surface area contributed by atoms with E-state index in [9.17, 15) is 18.0 Å². The Morgan fingerprint density at radius 1 is 1.17 bits per heavy atom. The lowest BCUT2D eigenvalue weighted by molar-refractivity contribution is -0.137. The van der Waals surface area contributed by atoms with Crippen LogP contribution in [0.2, 0.25) is 0 Å². The minimum atomic E-state index is -4.53. The molecule has 35 heavy (non-hydrogen) atoms. The number of carbonyl (C=O) groups is 1. The van der Waals surface area contributed by atoms with Crippen LogP contribution in [-0.4, -0.2) is 52.9 Å². The molecule has 0 unspecified atom stereocenters. The Labute approximate surface area is 201 Å². The number of halogens is 3. The van der Waals surface area contributed by atoms with E-state index in [-0.39, 0.29) is 11.6 Å². The molecule has 0 spiro atoms. The molecule has 0 atom stereocenters. The van der Waals surface area contributed by atoms with Gasteiger partial charge in [0.1, 0.15) is 12.4 Å². The second-order valence-corrected chi connectivity index (χ2v) is 8.61. The SMILES string of the molecule is Cn1nccc1-c1cc(NC(=O)c2cccc(C(F)(F)F)c2)ccc1OCCN1CCC(N)CC1. The number of hydrogen-bond donors (Lipinski definition) is 2. The van der Waals surface area contributed by atoms with Crippen molar-refractivity contribution in [1.82, 2.24) is 14.7 Å². The highest BCUT2D eigenvalue weighted by molar-refractivity contribution is 6.04. The molecular formula is C25H28F3N5O2. The zero-order valence-corrected chi connectivity index (χ0v) is 19.4. The molecule has 186 valence electrons. The van der Waals surface area contributed by atoms with Crippen LogP contribution in [0.1, 0.15) is 28.8 Å². The predicted molar refractivity (Wildman–Crippen MR) is 127 cm³/mol. The maximum atomic E-state index is 13.0.